The predicted molar refractivity (Wildman–Crippen MR) is 48.6 cm³/mol. The number of hydrogen-bond donors (Lipinski definition) is 3. The summed E-state index contributed by atoms with van der Waals surface area (Å²) in [6.45, 7) is 0. The number of hydrogen-bond acceptors (Lipinski definition) is 3. The number of phenols is 2. The van der Waals surface area contributed by atoms with Gasteiger partial charge >= 0.3 is 5.97 Å². The van der Waals surface area contributed by atoms with E-state index in [1.54, 1.807) is 0 Å². The molecule has 0 bridgehead atoms. The first-order chi connectivity index (χ1) is 7.31. The zero-order valence-corrected chi connectivity index (χ0v) is 7.94. The van der Waals surface area contributed by atoms with Gasteiger partial charge in [0.2, 0.25) is 0 Å². The third kappa shape index (κ3) is 1.16. The van der Waals surface area contributed by atoms with E-state index in [0.717, 1.165) is 18.2 Å². The van der Waals surface area contributed by atoms with Gasteiger partial charge in [0.15, 0.2) is 16.9 Å². The van der Waals surface area contributed by atoms with E-state index < -0.39 is 35.2 Å². The summed E-state index contributed by atoms with van der Waals surface area (Å²) in [6.07, 6.45) is -0.792. The molecule has 4 nitrogen and oxygen atoms in total. The third-order valence-corrected chi connectivity index (χ3v) is 2.82. The van der Waals surface area contributed by atoms with Gasteiger partial charge in [-0.25, -0.2) is 8.78 Å². The first-order valence-corrected chi connectivity index (χ1v) is 4.45. The molecule has 0 aliphatic heterocycles. The van der Waals surface area contributed by atoms with E-state index in [-0.39, 0.29) is 5.56 Å². The van der Waals surface area contributed by atoms with Gasteiger partial charge in [-0.15, -0.1) is 0 Å². The van der Waals surface area contributed by atoms with Crippen LogP contribution >= 0.6 is 0 Å². The highest BCUT2D eigenvalue weighted by molar-refractivity contribution is 5.88. The van der Waals surface area contributed by atoms with Crippen LogP contribution in [0.2, 0.25) is 0 Å². The van der Waals surface area contributed by atoms with Crippen LogP contribution in [0.1, 0.15) is 12.0 Å². The standard InChI is InChI=1S/C10H8F2O4/c11-10(12)4-9(10,8(15)16)5-1-2-6(13)7(14)3-5/h1-3,13-14H,4H2,(H,15,16). The molecule has 1 atom stereocenters. The quantitative estimate of drug-likeness (QED) is 0.672. The smallest absolute Gasteiger partial charge is 0.320 e. The molecule has 16 heavy (non-hydrogen) atoms. The van der Waals surface area contributed by atoms with Crippen LogP contribution in [-0.4, -0.2) is 27.2 Å². The topological polar surface area (TPSA) is 77.8 Å². The minimum absolute atomic E-state index is 0.208. The Labute approximate surface area is 88.8 Å². The van der Waals surface area contributed by atoms with E-state index in [4.69, 9.17) is 15.3 Å². The average molecular weight is 230 g/mol. The molecule has 1 aromatic carbocycles. The van der Waals surface area contributed by atoms with Gasteiger partial charge < -0.3 is 15.3 Å². The Morgan fingerprint density at radius 2 is 1.81 bits per heavy atom. The van der Waals surface area contributed by atoms with Crippen LogP contribution in [0.25, 0.3) is 0 Å². The second-order valence-electron chi connectivity index (χ2n) is 3.80. The summed E-state index contributed by atoms with van der Waals surface area (Å²) >= 11 is 0. The van der Waals surface area contributed by atoms with Gasteiger partial charge in [0, 0.05) is 6.42 Å². The highest BCUT2D eigenvalue weighted by atomic mass is 19.3. The van der Waals surface area contributed by atoms with Gasteiger partial charge in [-0.3, -0.25) is 4.79 Å². The molecule has 1 aromatic rings. The molecule has 0 saturated heterocycles. The van der Waals surface area contributed by atoms with E-state index in [2.05, 4.69) is 0 Å². The highest BCUT2D eigenvalue weighted by Crippen LogP contribution is 2.62. The summed E-state index contributed by atoms with van der Waals surface area (Å²) in [5.74, 6) is -6.04. The minimum Gasteiger partial charge on any atom is -0.504 e. The fourth-order valence-corrected chi connectivity index (χ4v) is 1.75. The average Bonchev–Trinajstić information content (AvgIpc) is 2.75. The molecule has 1 aliphatic carbocycles. The normalized spacial score (nSPS) is 26.4. The van der Waals surface area contributed by atoms with Crippen LogP contribution < -0.4 is 0 Å². The Morgan fingerprint density at radius 3 is 2.19 bits per heavy atom. The lowest BCUT2D eigenvalue weighted by Gasteiger charge is -2.12. The van der Waals surface area contributed by atoms with Crippen molar-refractivity contribution in [1.29, 1.82) is 0 Å². The number of carbonyl (C=O) groups is 1. The molecule has 0 spiro atoms. The number of rotatable bonds is 2. The lowest BCUT2D eigenvalue weighted by molar-refractivity contribution is -0.142. The van der Waals surface area contributed by atoms with Crippen molar-refractivity contribution in [3.63, 3.8) is 0 Å². The molecule has 1 fully saturated rings. The minimum atomic E-state index is -3.32. The van der Waals surface area contributed by atoms with Crippen molar-refractivity contribution < 1.29 is 28.9 Å². The van der Waals surface area contributed by atoms with Crippen LogP contribution in [0.5, 0.6) is 11.5 Å². The summed E-state index contributed by atoms with van der Waals surface area (Å²) in [6, 6.07) is 2.91. The Bertz CT molecular complexity index is 472. The number of aromatic hydroxyl groups is 2. The van der Waals surface area contributed by atoms with Crippen LogP contribution in [0.3, 0.4) is 0 Å². The van der Waals surface area contributed by atoms with E-state index >= 15 is 0 Å². The van der Waals surface area contributed by atoms with Gasteiger partial charge in [0.05, 0.1) is 0 Å². The fourth-order valence-electron chi connectivity index (χ4n) is 1.75. The second-order valence-corrected chi connectivity index (χ2v) is 3.80. The van der Waals surface area contributed by atoms with Crippen molar-refractivity contribution >= 4 is 5.97 Å². The molecule has 1 aliphatic rings. The van der Waals surface area contributed by atoms with Crippen molar-refractivity contribution in [3.8, 4) is 11.5 Å². The molecule has 0 radical (unpaired) electrons. The monoisotopic (exact) mass is 230 g/mol. The van der Waals surface area contributed by atoms with Gasteiger partial charge in [0.25, 0.3) is 5.92 Å². The number of carboxylic acid groups (broad SMARTS) is 1. The van der Waals surface area contributed by atoms with Crippen molar-refractivity contribution in [3.05, 3.63) is 23.8 Å². The van der Waals surface area contributed by atoms with Gasteiger partial charge in [-0.1, -0.05) is 6.07 Å². The molecular weight excluding hydrogens is 222 g/mol. The number of benzene rings is 1. The largest absolute Gasteiger partial charge is 0.504 e. The number of halogens is 2. The SMILES string of the molecule is O=C(O)C1(c2ccc(O)c(O)c2)CC1(F)F. The van der Waals surface area contributed by atoms with Crippen molar-refractivity contribution in [1.82, 2.24) is 0 Å². The van der Waals surface area contributed by atoms with E-state index in [1.165, 1.54) is 0 Å². The Kier molecular flexibility index (Phi) is 1.89. The molecule has 0 amide bonds. The highest BCUT2D eigenvalue weighted by Gasteiger charge is 2.77. The molecule has 0 aromatic heterocycles. The molecule has 86 valence electrons. The Balaban J connectivity index is 2.51. The Hall–Kier alpha value is -1.85. The van der Waals surface area contributed by atoms with Crippen LogP contribution in [0, 0.1) is 0 Å². The third-order valence-electron chi connectivity index (χ3n) is 2.82. The predicted octanol–water partition coefficient (Wildman–Crippen LogP) is 1.46. The molecule has 6 heteroatoms. The zero-order chi connectivity index (χ0) is 12.1. The summed E-state index contributed by atoms with van der Waals surface area (Å²) in [7, 11) is 0. The maximum atomic E-state index is 13.1. The van der Waals surface area contributed by atoms with Crippen LogP contribution in [0.15, 0.2) is 18.2 Å². The van der Waals surface area contributed by atoms with Crippen molar-refractivity contribution in [2.24, 2.45) is 0 Å². The van der Waals surface area contributed by atoms with Crippen molar-refractivity contribution in [2.45, 2.75) is 17.8 Å². The van der Waals surface area contributed by atoms with E-state index in [1.807, 2.05) is 0 Å². The summed E-state index contributed by atoms with van der Waals surface area (Å²) in [4.78, 5) is 10.9. The summed E-state index contributed by atoms with van der Waals surface area (Å²) in [5.41, 5.74) is -2.47. The molecule has 0 heterocycles. The first-order valence-electron chi connectivity index (χ1n) is 4.45. The van der Waals surface area contributed by atoms with E-state index in [0.29, 0.717) is 0 Å². The van der Waals surface area contributed by atoms with Gasteiger partial charge in [0.1, 0.15) is 0 Å². The maximum absolute atomic E-state index is 13.1. The fraction of sp³-hybridized carbons (Fsp3) is 0.300. The summed E-state index contributed by atoms with van der Waals surface area (Å²) < 4.78 is 26.2. The lowest BCUT2D eigenvalue weighted by Crippen LogP contribution is -2.26. The Morgan fingerprint density at radius 1 is 1.25 bits per heavy atom. The number of alkyl halides is 2. The number of carboxylic acids is 1. The van der Waals surface area contributed by atoms with Crippen LogP contribution in [-0.2, 0) is 10.2 Å². The van der Waals surface area contributed by atoms with Gasteiger partial charge in [-0.05, 0) is 17.7 Å². The maximum Gasteiger partial charge on any atom is 0.320 e. The molecule has 1 saturated carbocycles. The van der Waals surface area contributed by atoms with Gasteiger partial charge in [-0.2, -0.15) is 0 Å². The molecule has 1 unspecified atom stereocenters. The number of aliphatic carboxylic acids is 1. The molecule has 2 rings (SSSR count). The summed E-state index contributed by atoms with van der Waals surface area (Å²) in [5, 5.41) is 27.0. The van der Waals surface area contributed by atoms with Crippen LogP contribution in [0.4, 0.5) is 8.78 Å². The number of phenolic OH excluding ortho intramolecular Hbond substituents is 2. The van der Waals surface area contributed by atoms with Crippen molar-refractivity contribution in [2.75, 3.05) is 0 Å². The second kappa shape index (κ2) is 2.84. The molecule has 3 N–H and O–H groups in total. The van der Waals surface area contributed by atoms with E-state index in [9.17, 15) is 13.6 Å². The first kappa shape index (κ1) is 10.7. The zero-order valence-electron chi connectivity index (χ0n) is 7.94. The lowest BCUT2D eigenvalue weighted by atomic mass is 9.95. The molecular formula is C10H8F2O4.